The Kier molecular flexibility index (Phi) is 7.09. The quantitative estimate of drug-likeness (QED) is 0.544. The molecule has 1 unspecified atom stereocenters. The van der Waals surface area contributed by atoms with Gasteiger partial charge in [-0.2, -0.15) is 0 Å². The molecule has 5 heteroatoms. The molecule has 0 aromatic carbocycles. The van der Waals surface area contributed by atoms with Gasteiger partial charge in [0.05, 0.1) is 5.01 Å². The number of nitrogens with one attached hydrogen (secondary N) is 1. The molecule has 1 heterocycles. The molecule has 20 heavy (non-hydrogen) atoms. The molecule has 0 saturated carbocycles. The van der Waals surface area contributed by atoms with Crippen LogP contribution < -0.4 is 11.3 Å². The van der Waals surface area contributed by atoms with Gasteiger partial charge in [0.15, 0.2) is 0 Å². The summed E-state index contributed by atoms with van der Waals surface area (Å²) < 4.78 is 0. The van der Waals surface area contributed by atoms with Crippen LogP contribution >= 0.6 is 11.3 Å². The molecule has 3 N–H and O–H groups in total. The summed E-state index contributed by atoms with van der Waals surface area (Å²) >= 11 is 1.73. The third-order valence-electron chi connectivity index (χ3n) is 4.51. The Hall–Kier alpha value is -0.490. The van der Waals surface area contributed by atoms with Gasteiger partial charge in [-0.25, -0.2) is 4.98 Å². The van der Waals surface area contributed by atoms with Gasteiger partial charge >= 0.3 is 0 Å². The minimum atomic E-state index is 0.0951. The largest absolute Gasteiger partial charge is 0.297 e. The van der Waals surface area contributed by atoms with Gasteiger partial charge in [-0.1, -0.05) is 27.7 Å². The summed E-state index contributed by atoms with van der Waals surface area (Å²) in [6, 6.07) is 0.225. The normalized spacial score (nSPS) is 13.9. The summed E-state index contributed by atoms with van der Waals surface area (Å²) in [5.41, 5.74) is 4.27. The number of aryl methyl sites for hydroxylation is 1. The maximum absolute atomic E-state index is 5.91. The van der Waals surface area contributed by atoms with Crippen LogP contribution in [0.15, 0.2) is 5.38 Å². The van der Waals surface area contributed by atoms with Crippen LogP contribution in [0.3, 0.4) is 0 Å². The second kappa shape index (κ2) is 8.08. The van der Waals surface area contributed by atoms with Crippen LogP contribution in [0.2, 0.25) is 0 Å². The fraction of sp³-hybridized carbons (Fsp3) is 0.800. The molecular weight excluding hydrogens is 268 g/mol. The lowest BCUT2D eigenvalue weighted by Crippen LogP contribution is -2.63. The molecule has 0 spiro atoms. The first-order valence-electron chi connectivity index (χ1n) is 7.70. The Bertz CT molecular complexity index is 383. The molecule has 1 rings (SSSR count). The number of rotatable bonds is 9. The van der Waals surface area contributed by atoms with E-state index in [0.717, 1.165) is 38.0 Å². The molecule has 1 aromatic rings. The summed E-state index contributed by atoms with van der Waals surface area (Å²) in [5, 5.41) is 3.28. The molecule has 4 nitrogen and oxygen atoms in total. The predicted molar refractivity (Wildman–Crippen MR) is 87.9 cm³/mol. The lowest BCUT2D eigenvalue weighted by molar-refractivity contribution is 0.0492. The Morgan fingerprint density at radius 2 is 1.90 bits per heavy atom. The topological polar surface area (TPSA) is 54.2 Å². The van der Waals surface area contributed by atoms with Crippen molar-refractivity contribution in [2.75, 3.05) is 13.1 Å². The smallest absolute Gasteiger partial charge is 0.0944 e. The van der Waals surface area contributed by atoms with E-state index in [-0.39, 0.29) is 11.6 Å². The Balaban J connectivity index is 3.01. The van der Waals surface area contributed by atoms with E-state index in [9.17, 15) is 0 Å². The van der Waals surface area contributed by atoms with E-state index < -0.39 is 0 Å². The first-order chi connectivity index (χ1) is 9.57. The van der Waals surface area contributed by atoms with Crippen molar-refractivity contribution in [2.45, 2.75) is 65.5 Å². The highest BCUT2D eigenvalue weighted by molar-refractivity contribution is 7.09. The molecule has 0 fully saturated rings. The van der Waals surface area contributed by atoms with E-state index in [2.05, 4.69) is 48.4 Å². The summed E-state index contributed by atoms with van der Waals surface area (Å²) in [5.74, 6) is 5.91. The van der Waals surface area contributed by atoms with Gasteiger partial charge in [-0.3, -0.25) is 16.2 Å². The third-order valence-corrected chi connectivity index (χ3v) is 5.50. The minimum Gasteiger partial charge on any atom is -0.297 e. The van der Waals surface area contributed by atoms with E-state index in [1.807, 2.05) is 6.92 Å². The standard InChI is InChI=1S/C15H30N4S/c1-6-15(7-2,19(8-3)9-4)13(18-16)10-14-17-12(5)11-20-14/h11,13,18H,6-10,16H2,1-5H3. The third kappa shape index (κ3) is 3.58. The van der Waals surface area contributed by atoms with Crippen LogP contribution in [0, 0.1) is 6.92 Å². The second-order valence-electron chi connectivity index (χ2n) is 5.29. The minimum absolute atomic E-state index is 0.0951. The highest BCUT2D eigenvalue weighted by atomic mass is 32.1. The maximum Gasteiger partial charge on any atom is 0.0944 e. The average Bonchev–Trinajstić information content (AvgIpc) is 2.88. The molecule has 0 aliphatic carbocycles. The summed E-state index contributed by atoms with van der Waals surface area (Å²) in [7, 11) is 0. The molecule has 116 valence electrons. The lowest BCUT2D eigenvalue weighted by Gasteiger charge is -2.47. The molecule has 0 saturated heterocycles. The van der Waals surface area contributed by atoms with Gasteiger partial charge in [0.2, 0.25) is 0 Å². The van der Waals surface area contributed by atoms with Gasteiger partial charge in [0.25, 0.3) is 0 Å². The zero-order chi connectivity index (χ0) is 15.2. The number of nitrogens with two attached hydrogens (primary N) is 1. The van der Waals surface area contributed by atoms with Gasteiger partial charge < -0.3 is 0 Å². The number of hydrogen-bond donors (Lipinski definition) is 2. The highest BCUT2D eigenvalue weighted by Gasteiger charge is 2.39. The Morgan fingerprint density at radius 1 is 1.30 bits per heavy atom. The van der Waals surface area contributed by atoms with Crippen molar-refractivity contribution in [3.05, 3.63) is 16.1 Å². The van der Waals surface area contributed by atoms with Crippen LogP contribution in [0.25, 0.3) is 0 Å². The monoisotopic (exact) mass is 298 g/mol. The maximum atomic E-state index is 5.91. The van der Waals surface area contributed by atoms with E-state index in [4.69, 9.17) is 5.84 Å². The molecule has 0 bridgehead atoms. The number of likely N-dealkylation sites (N-methyl/N-ethyl adjacent to an activating group) is 1. The number of aromatic nitrogens is 1. The van der Waals surface area contributed by atoms with Crippen molar-refractivity contribution in [3.8, 4) is 0 Å². The lowest BCUT2D eigenvalue weighted by atomic mass is 9.81. The van der Waals surface area contributed by atoms with Crippen LogP contribution in [0.5, 0.6) is 0 Å². The summed E-state index contributed by atoms with van der Waals surface area (Å²) in [4.78, 5) is 7.14. The van der Waals surface area contributed by atoms with Crippen LogP contribution in [0.1, 0.15) is 51.2 Å². The van der Waals surface area contributed by atoms with Crippen molar-refractivity contribution >= 4 is 11.3 Å². The number of hydrogen-bond acceptors (Lipinski definition) is 5. The first-order valence-corrected chi connectivity index (χ1v) is 8.57. The molecule has 0 radical (unpaired) electrons. The fourth-order valence-electron chi connectivity index (χ4n) is 3.34. The van der Waals surface area contributed by atoms with Crippen LogP contribution in [-0.2, 0) is 6.42 Å². The zero-order valence-electron chi connectivity index (χ0n) is 13.6. The molecule has 1 atom stereocenters. The van der Waals surface area contributed by atoms with E-state index in [1.165, 1.54) is 5.01 Å². The Labute approximate surface area is 127 Å². The number of nitrogens with zero attached hydrogens (tertiary/aromatic N) is 2. The Morgan fingerprint density at radius 3 is 2.25 bits per heavy atom. The zero-order valence-corrected chi connectivity index (χ0v) is 14.4. The van der Waals surface area contributed by atoms with Crippen molar-refractivity contribution in [2.24, 2.45) is 5.84 Å². The van der Waals surface area contributed by atoms with Crippen molar-refractivity contribution in [3.63, 3.8) is 0 Å². The van der Waals surface area contributed by atoms with E-state index in [1.54, 1.807) is 11.3 Å². The summed E-state index contributed by atoms with van der Waals surface area (Å²) in [6.07, 6.45) is 3.07. The molecule has 0 aliphatic rings. The van der Waals surface area contributed by atoms with Crippen LogP contribution in [0.4, 0.5) is 0 Å². The predicted octanol–water partition coefficient (Wildman–Crippen LogP) is 2.73. The van der Waals surface area contributed by atoms with Gasteiger partial charge in [-0.15, -0.1) is 11.3 Å². The van der Waals surface area contributed by atoms with Crippen LogP contribution in [-0.4, -0.2) is 34.6 Å². The SMILES string of the molecule is CCN(CC)C(CC)(CC)C(Cc1nc(C)cs1)NN. The molecule has 1 aromatic heterocycles. The first kappa shape index (κ1) is 17.6. The van der Waals surface area contributed by atoms with Gasteiger partial charge in [-0.05, 0) is 32.9 Å². The van der Waals surface area contributed by atoms with Crippen molar-refractivity contribution in [1.82, 2.24) is 15.3 Å². The number of hydrazine groups is 1. The highest BCUT2D eigenvalue weighted by Crippen LogP contribution is 2.30. The number of thiazole rings is 1. The van der Waals surface area contributed by atoms with Gasteiger partial charge in [0.1, 0.15) is 0 Å². The van der Waals surface area contributed by atoms with E-state index in [0.29, 0.717) is 0 Å². The molecule has 0 aliphatic heterocycles. The molecular formula is C15H30N4S. The van der Waals surface area contributed by atoms with Crippen molar-refractivity contribution < 1.29 is 0 Å². The second-order valence-corrected chi connectivity index (χ2v) is 6.23. The van der Waals surface area contributed by atoms with Crippen molar-refractivity contribution in [1.29, 1.82) is 0 Å². The summed E-state index contributed by atoms with van der Waals surface area (Å²) in [6.45, 7) is 13.1. The fourth-order valence-corrected chi connectivity index (χ4v) is 4.16. The van der Waals surface area contributed by atoms with Gasteiger partial charge in [0, 0.05) is 29.1 Å². The molecule has 0 amide bonds. The average molecular weight is 298 g/mol. The van der Waals surface area contributed by atoms with E-state index >= 15 is 0 Å².